The number of anilines is 1. The van der Waals surface area contributed by atoms with E-state index in [4.69, 9.17) is 0 Å². The highest BCUT2D eigenvalue weighted by atomic mass is 16.5. The molecule has 0 saturated heterocycles. The van der Waals surface area contributed by atoms with Crippen LogP contribution in [0.25, 0.3) is 0 Å². The number of nitrogens with one attached hydrogen (secondary N) is 1. The van der Waals surface area contributed by atoms with E-state index in [1.807, 2.05) is 13.0 Å². The molecule has 20 heavy (non-hydrogen) atoms. The molecule has 1 aromatic rings. The van der Waals surface area contributed by atoms with Gasteiger partial charge in [0.25, 0.3) is 0 Å². The van der Waals surface area contributed by atoms with Crippen LogP contribution in [0.5, 0.6) is 0 Å². The standard InChI is InChI=1S/C15H17NO4/c1-9-4-3-5-11-14(9)12(17)8-10(15(19)16-11)6-7-13(18)20-2/h3-5,10H,6-8H2,1-2H3,(H,16,19)/t10-/m1/s1. The molecule has 1 atom stereocenters. The van der Waals surface area contributed by atoms with Gasteiger partial charge in [0.2, 0.25) is 5.91 Å². The number of aryl methyl sites for hydroxylation is 1. The lowest BCUT2D eigenvalue weighted by Crippen LogP contribution is -2.23. The van der Waals surface area contributed by atoms with Crippen molar-refractivity contribution >= 4 is 23.3 Å². The van der Waals surface area contributed by atoms with E-state index >= 15 is 0 Å². The van der Waals surface area contributed by atoms with Gasteiger partial charge >= 0.3 is 5.97 Å². The van der Waals surface area contributed by atoms with E-state index in [1.54, 1.807) is 12.1 Å². The van der Waals surface area contributed by atoms with Crippen LogP contribution in [0.4, 0.5) is 5.69 Å². The zero-order valence-electron chi connectivity index (χ0n) is 11.6. The number of amides is 1. The van der Waals surface area contributed by atoms with Gasteiger partial charge in [-0.05, 0) is 25.0 Å². The van der Waals surface area contributed by atoms with Crippen LogP contribution in [0.3, 0.4) is 0 Å². The minimum absolute atomic E-state index is 0.0636. The summed E-state index contributed by atoms with van der Waals surface area (Å²) in [6.07, 6.45) is 0.579. The van der Waals surface area contributed by atoms with E-state index in [0.717, 1.165) is 5.56 Å². The number of methoxy groups -OCH3 is 1. The Hall–Kier alpha value is -2.17. The summed E-state index contributed by atoms with van der Waals surface area (Å²) in [5.74, 6) is -1.14. The third kappa shape index (κ3) is 2.87. The third-order valence-corrected chi connectivity index (χ3v) is 3.54. The van der Waals surface area contributed by atoms with Crippen molar-refractivity contribution in [2.45, 2.75) is 26.2 Å². The summed E-state index contributed by atoms with van der Waals surface area (Å²) in [6, 6.07) is 5.37. The Morgan fingerprint density at radius 2 is 2.15 bits per heavy atom. The number of rotatable bonds is 3. The van der Waals surface area contributed by atoms with Gasteiger partial charge in [-0.15, -0.1) is 0 Å². The second-order valence-electron chi connectivity index (χ2n) is 4.93. The molecule has 1 aromatic carbocycles. The lowest BCUT2D eigenvalue weighted by atomic mass is 9.93. The van der Waals surface area contributed by atoms with Crippen LogP contribution < -0.4 is 5.32 Å². The average Bonchev–Trinajstić information content (AvgIpc) is 2.54. The molecule has 1 aliphatic rings. The van der Waals surface area contributed by atoms with Crippen molar-refractivity contribution in [1.82, 2.24) is 0 Å². The van der Waals surface area contributed by atoms with Crippen LogP contribution in [0.2, 0.25) is 0 Å². The molecule has 1 N–H and O–H groups in total. The first kappa shape index (κ1) is 14.2. The van der Waals surface area contributed by atoms with Crippen molar-refractivity contribution in [2.75, 3.05) is 12.4 Å². The van der Waals surface area contributed by atoms with Crippen molar-refractivity contribution in [3.8, 4) is 0 Å². The maximum Gasteiger partial charge on any atom is 0.305 e. The number of ether oxygens (including phenoxy) is 1. The summed E-state index contributed by atoms with van der Waals surface area (Å²) < 4.78 is 4.56. The minimum Gasteiger partial charge on any atom is -0.469 e. The Morgan fingerprint density at radius 3 is 2.85 bits per heavy atom. The van der Waals surface area contributed by atoms with Gasteiger partial charge in [-0.25, -0.2) is 0 Å². The topological polar surface area (TPSA) is 72.5 Å². The second kappa shape index (κ2) is 5.86. The van der Waals surface area contributed by atoms with E-state index in [0.29, 0.717) is 17.7 Å². The van der Waals surface area contributed by atoms with Gasteiger partial charge in [-0.1, -0.05) is 12.1 Å². The van der Waals surface area contributed by atoms with Crippen LogP contribution in [-0.2, 0) is 14.3 Å². The summed E-state index contributed by atoms with van der Waals surface area (Å²) >= 11 is 0. The molecule has 0 saturated carbocycles. The number of fused-ring (bicyclic) bond motifs is 1. The fraction of sp³-hybridized carbons (Fsp3) is 0.400. The zero-order chi connectivity index (χ0) is 14.7. The Morgan fingerprint density at radius 1 is 1.40 bits per heavy atom. The summed E-state index contributed by atoms with van der Waals surface area (Å²) in [5, 5.41) is 2.77. The molecule has 0 aliphatic carbocycles. The van der Waals surface area contributed by atoms with Crippen molar-refractivity contribution < 1.29 is 19.1 Å². The molecule has 5 nitrogen and oxygen atoms in total. The molecule has 106 valence electrons. The van der Waals surface area contributed by atoms with Crippen LogP contribution in [0, 0.1) is 12.8 Å². The first-order valence-corrected chi connectivity index (χ1v) is 6.53. The normalized spacial score (nSPS) is 18.0. The molecule has 5 heteroatoms. The van der Waals surface area contributed by atoms with Gasteiger partial charge < -0.3 is 10.1 Å². The van der Waals surface area contributed by atoms with Crippen molar-refractivity contribution in [2.24, 2.45) is 5.92 Å². The highest BCUT2D eigenvalue weighted by molar-refractivity contribution is 6.10. The van der Waals surface area contributed by atoms with Gasteiger partial charge in [0.05, 0.1) is 12.8 Å². The van der Waals surface area contributed by atoms with Crippen molar-refractivity contribution in [3.05, 3.63) is 29.3 Å². The first-order valence-electron chi connectivity index (χ1n) is 6.53. The number of carbonyl (C=O) groups excluding carboxylic acids is 3. The van der Waals surface area contributed by atoms with Crippen LogP contribution in [0.15, 0.2) is 18.2 Å². The zero-order valence-corrected chi connectivity index (χ0v) is 11.6. The molecule has 0 aromatic heterocycles. The van der Waals surface area contributed by atoms with E-state index < -0.39 is 5.92 Å². The fourth-order valence-corrected chi connectivity index (χ4v) is 2.42. The molecule has 0 fully saturated rings. The SMILES string of the molecule is COC(=O)CC[C@@H]1CC(=O)c2c(C)cccc2NC1=O. The van der Waals surface area contributed by atoms with Gasteiger partial charge in [-0.2, -0.15) is 0 Å². The largest absolute Gasteiger partial charge is 0.469 e. The predicted molar refractivity (Wildman–Crippen MR) is 73.5 cm³/mol. The third-order valence-electron chi connectivity index (χ3n) is 3.54. The molecule has 0 bridgehead atoms. The highest BCUT2D eigenvalue weighted by Crippen LogP contribution is 2.28. The molecule has 1 heterocycles. The Labute approximate surface area is 117 Å². The molecular formula is C15H17NO4. The van der Waals surface area contributed by atoms with Crippen LogP contribution >= 0.6 is 0 Å². The molecule has 0 radical (unpaired) electrons. The maximum absolute atomic E-state index is 12.3. The Kier molecular flexibility index (Phi) is 4.17. The molecule has 1 aliphatic heterocycles. The number of benzene rings is 1. The van der Waals surface area contributed by atoms with E-state index in [9.17, 15) is 14.4 Å². The van der Waals surface area contributed by atoms with Crippen LogP contribution in [-0.4, -0.2) is 24.8 Å². The number of carbonyl (C=O) groups is 3. The molecule has 2 rings (SSSR count). The summed E-state index contributed by atoms with van der Waals surface area (Å²) in [7, 11) is 1.31. The number of hydrogen-bond donors (Lipinski definition) is 1. The van der Waals surface area contributed by atoms with E-state index in [1.165, 1.54) is 7.11 Å². The van der Waals surface area contributed by atoms with E-state index in [2.05, 4.69) is 10.1 Å². The molecule has 0 spiro atoms. The summed E-state index contributed by atoms with van der Waals surface area (Å²) in [4.78, 5) is 35.6. The number of esters is 1. The van der Waals surface area contributed by atoms with Gasteiger partial charge in [0.15, 0.2) is 5.78 Å². The maximum atomic E-state index is 12.3. The number of Topliss-reactive ketones (excluding diaryl/α,β-unsaturated/α-hetero) is 1. The van der Waals surface area contributed by atoms with Gasteiger partial charge in [0.1, 0.15) is 0 Å². The monoisotopic (exact) mass is 275 g/mol. The molecule has 1 amide bonds. The lowest BCUT2D eigenvalue weighted by molar-refractivity contribution is -0.141. The number of ketones is 1. The highest BCUT2D eigenvalue weighted by Gasteiger charge is 2.29. The van der Waals surface area contributed by atoms with E-state index in [-0.39, 0.29) is 30.5 Å². The minimum atomic E-state index is -0.492. The predicted octanol–water partition coefficient (Wildman–Crippen LogP) is 2.09. The molecule has 0 unspecified atom stereocenters. The number of hydrogen-bond acceptors (Lipinski definition) is 4. The van der Waals surface area contributed by atoms with Crippen LogP contribution in [0.1, 0.15) is 35.2 Å². The van der Waals surface area contributed by atoms with Crippen molar-refractivity contribution in [1.29, 1.82) is 0 Å². The average molecular weight is 275 g/mol. The van der Waals surface area contributed by atoms with Gasteiger partial charge in [-0.3, -0.25) is 14.4 Å². The quantitative estimate of drug-likeness (QED) is 0.857. The molecular weight excluding hydrogens is 258 g/mol. The summed E-state index contributed by atoms with van der Waals surface area (Å²) in [6.45, 7) is 1.84. The van der Waals surface area contributed by atoms with Crippen molar-refractivity contribution in [3.63, 3.8) is 0 Å². The smallest absolute Gasteiger partial charge is 0.305 e. The first-order chi connectivity index (χ1) is 9.52. The van der Waals surface area contributed by atoms with Gasteiger partial charge in [0, 0.05) is 24.3 Å². The Balaban J connectivity index is 2.19. The Bertz CT molecular complexity index is 565. The summed E-state index contributed by atoms with van der Waals surface area (Å²) in [5.41, 5.74) is 1.98. The second-order valence-corrected chi connectivity index (χ2v) is 4.93. The fourth-order valence-electron chi connectivity index (χ4n) is 2.42. The lowest BCUT2D eigenvalue weighted by Gasteiger charge is -2.11.